The van der Waals surface area contributed by atoms with E-state index in [2.05, 4.69) is 0 Å². The van der Waals surface area contributed by atoms with Gasteiger partial charge in [-0.3, -0.25) is 5.21 Å². The van der Waals surface area contributed by atoms with E-state index in [1.165, 1.54) is 23.3 Å². The van der Waals surface area contributed by atoms with Gasteiger partial charge in [0.1, 0.15) is 16.4 Å². The van der Waals surface area contributed by atoms with Gasteiger partial charge < -0.3 is 19.8 Å². The van der Waals surface area contributed by atoms with Gasteiger partial charge in [-0.05, 0) is 35.4 Å². The van der Waals surface area contributed by atoms with Crippen molar-refractivity contribution in [1.82, 2.24) is 14.9 Å². The molecule has 1 aliphatic rings. The molecule has 0 spiro atoms. The van der Waals surface area contributed by atoms with E-state index in [9.17, 15) is 20.2 Å². The van der Waals surface area contributed by atoms with Crippen LogP contribution in [0.4, 0.5) is 4.79 Å². The molecule has 9 heteroatoms. The molecule has 0 bridgehead atoms. The van der Waals surface area contributed by atoms with Crippen molar-refractivity contribution in [3.63, 3.8) is 0 Å². The lowest BCUT2D eigenvalue weighted by molar-refractivity contribution is -0.0557. The van der Waals surface area contributed by atoms with Crippen LogP contribution in [0, 0.1) is 0 Å². The summed E-state index contributed by atoms with van der Waals surface area (Å²) in [5.41, 5.74) is 2.26. The molecule has 4 rings (SSSR count). The highest BCUT2D eigenvalue weighted by Crippen LogP contribution is 2.43. The van der Waals surface area contributed by atoms with Crippen molar-refractivity contribution in [3.05, 3.63) is 59.1 Å². The Kier molecular flexibility index (Phi) is 6.66. The first-order valence-electron chi connectivity index (χ1n) is 10.6. The van der Waals surface area contributed by atoms with E-state index < -0.39 is 11.6 Å². The Morgan fingerprint density at radius 2 is 1.73 bits per heavy atom. The summed E-state index contributed by atoms with van der Waals surface area (Å²) in [6.07, 6.45) is 0.649. The Labute approximate surface area is 196 Å². The van der Waals surface area contributed by atoms with Crippen molar-refractivity contribution < 1.29 is 25.0 Å². The SMILES string of the molecule is COc1ccc(-c2nc(C3(O)CCN(C(=O)N(C)O)CC3)sc2-c2ccc(CO)cc2)cc1. The normalized spacial score (nSPS) is 15.4. The molecule has 8 nitrogen and oxygen atoms in total. The lowest BCUT2D eigenvalue weighted by atomic mass is 9.92. The Morgan fingerprint density at radius 1 is 1.12 bits per heavy atom. The topological polar surface area (TPSA) is 106 Å². The second-order valence-electron chi connectivity index (χ2n) is 8.11. The highest BCUT2D eigenvalue weighted by Gasteiger charge is 2.39. The maximum Gasteiger partial charge on any atom is 0.343 e. The number of carbonyl (C=O) groups is 1. The number of ether oxygens (including phenoxy) is 1. The number of amides is 2. The Bertz CT molecular complexity index is 1040. The first kappa shape index (κ1) is 23.2. The molecular weight excluding hydrogens is 442 g/mol. The number of piperidine rings is 1. The number of methoxy groups -OCH3 is 1. The molecule has 2 aromatic carbocycles. The molecule has 3 N–H and O–H groups in total. The standard InChI is InChI=1S/C24H27N3O5S/c1-26(31)23(29)27-13-11-24(30,12-14-27)22-25-20(17-7-9-19(32-2)10-8-17)21(33-22)18-5-3-16(15-28)4-6-18/h3-10,28,30-31H,11-15H2,1-2H3. The quantitative estimate of drug-likeness (QED) is 0.389. The summed E-state index contributed by atoms with van der Waals surface area (Å²) in [6.45, 7) is 0.605. The van der Waals surface area contributed by atoms with E-state index in [-0.39, 0.29) is 6.61 Å². The second kappa shape index (κ2) is 9.48. The molecule has 1 aromatic heterocycles. The Morgan fingerprint density at radius 3 is 2.27 bits per heavy atom. The highest BCUT2D eigenvalue weighted by atomic mass is 32.1. The van der Waals surface area contributed by atoms with E-state index >= 15 is 0 Å². The molecule has 0 atom stereocenters. The van der Waals surface area contributed by atoms with Crippen molar-refractivity contribution in [1.29, 1.82) is 0 Å². The fourth-order valence-corrected chi connectivity index (χ4v) is 5.15. The van der Waals surface area contributed by atoms with E-state index in [1.54, 1.807) is 7.11 Å². The van der Waals surface area contributed by atoms with Crippen LogP contribution < -0.4 is 4.74 Å². The van der Waals surface area contributed by atoms with Crippen LogP contribution in [-0.2, 0) is 12.2 Å². The zero-order chi connectivity index (χ0) is 23.6. The van der Waals surface area contributed by atoms with Gasteiger partial charge in [0, 0.05) is 38.5 Å². The van der Waals surface area contributed by atoms with Gasteiger partial charge in [0.05, 0.1) is 24.3 Å². The smallest absolute Gasteiger partial charge is 0.343 e. The number of rotatable bonds is 5. The predicted octanol–water partition coefficient (Wildman–Crippen LogP) is 3.70. The third-order valence-corrected chi connectivity index (χ3v) is 7.22. The lowest BCUT2D eigenvalue weighted by Gasteiger charge is -2.37. The summed E-state index contributed by atoms with van der Waals surface area (Å²) in [5.74, 6) is 0.743. The number of aromatic nitrogens is 1. The number of nitrogens with zero attached hydrogens (tertiary/aromatic N) is 3. The molecule has 33 heavy (non-hydrogen) atoms. The molecule has 2 heterocycles. The minimum atomic E-state index is -1.17. The summed E-state index contributed by atoms with van der Waals surface area (Å²) in [4.78, 5) is 19.4. The number of urea groups is 1. The van der Waals surface area contributed by atoms with Crippen LogP contribution in [0.15, 0.2) is 48.5 Å². The average molecular weight is 470 g/mol. The fourth-order valence-electron chi connectivity index (χ4n) is 3.91. The Hall–Kier alpha value is -2.98. The molecule has 0 aliphatic carbocycles. The van der Waals surface area contributed by atoms with Crippen LogP contribution in [0.1, 0.15) is 23.4 Å². The van der Waals surface area contributed by atoms with Crippen LogP contribution in [0.5, 0.6) is 5.75 Å². The van der Waals surface area contributed by atoms with E-state index in [0.29, 0.717) is 36.0 Å². The number of hydrogen-bond acceptors (Lipinski definition) is 7. The van der Waals surface area contributed by atoms with Crippen molar-refractivity contribution in [2.45, 2.75) is 25.0 Å². The molecule has 1 aliphatic heterocycles. The molecule has 2 amide bonds. The molecule has 0 radical (unpaired) electrons. The molecule has 174 valence electrons. The lowest BCUT2D eigenvalue weighted by Crippen LogP contribution is -2.48. The van der Waals surface area contributed by atoms with Crippen LogP contribution in [0.3, 0.4) is 0 Å². The third kappa shape index (κ3) is 4.72. The van der Waals surface area contributed by atoms with Crippen LogP contribution >= 0.6 is 11.3 Å². The number of aliphatic hydroxyl groups excluding tert-OH is 1. The van der Waals surface area contributed by atoms with Crippen LogP contribution in [-0.4, -0.2) is 63.6 Å². The fraction of sp³-hybridized carbons (Fsp3) is 0.333. The number of likely N-dealkylation sites (tertiary alicyclic amines) is 1. The van der Waals surface area contributed by atoms with E-state index in [0.717, 1.165) is 33.0 Å². The second-order valence-corrected chi connectivity index (χ2v) is 9.10. The summed E-state index contributed by atoms with van der Waals surface area (Å²) in [5, 5.41) is 31.4. The number of benzene rings is 2. The molecular formula is C24H27N3O5S. The van der Waals surface area contributed by atoms with Gasteiger partial charge in [-0.2, -0.15) is 0 Å². The van der Waals surface area contributed by atoms with Crippen molar-refractivity contribution >= 4 is 17.4 Å². The molecule has 1 fully saturated rings. The molecule has 0 saturated carbocycles. The van der Waals surface area contributed by atoms with Gasteiger partial charge in [0.25, 0.3) is 0 Å². The Balaban J connectivity index is 1.70. The van der Waals surface area contributed by atoms with Gasteiger partial charge in [-0.1, -0.05) is 24.3 Å². The van der Waals surface area contributed by atoms with E-state index in [1.807, 2.05) is 48.5 Å². The number of aliphatic hydroxyl groups is 2. The maximum absolute atomic E-state index is 12.1. The van der Waals surface area contributed by atoms with Crippen LogP contribution in [0.25, 0.3) is 21.7 Å². The monoisotopic (exact) mass is 469 g/mol. The zero-order valence-electron chi connectivity index (χ0n) is 18.6. The molecule has 0 unspecified atom stereocenters. The number of hydroxylamine groups is 2. The summed E-state index contributed by atoms with van der Waals surface area (Å²) in [6, 6.07) is 14.8. The largest absolute Gasteiger partial charge is 0.497 e. The number of hydrogen-bond donors (Lipinski definition) is 3. The first-order valence-corrected chi connectivity index (χ1v) is 11.5. The van der Waals surface area contributed by atoms with Gasteiger partial charge >= 0.3 is 6.03 Å². The summed E-state index contributed by atoms with van der Waals surface area (Å²) >= 11 is 1.43. The van der Waals surface area contributed by atoms with Gasteiger partial charge in [0.15, 0.2) is 0 Å². The van der Waals surface area contributed by atoms with Crippen molar-refractivity contribution in [2.24, 2.45) is 0 Å². The van der Waals surface area contributed by atoms with Crippen molar-refractivity contribution in [2.75, 3.05) is 27.2 Å². The summed E-state index contributed by atoms with van der Waals surface area (Å²) < 4.78 is 5.27. The minimum absolute atomic E-state index is 0.0302. The van der Waals surface area contributed by atoms with Gasteiger partial charge in [-0.15, -0.1) is 11.3 Å². The van der Waals surface area contributed by atoms with E-state index in [4.69, 9.17) is 9.72 Å². The number of carbonyl (C=O) groups excluding carboxylic acids is 1. The first-order chi connectivity index (χ1) is 15.8. The third-order valence-electron chi connectivity index (χ3n) is 5.93. The summed E-state index contributed by atoms with van der Waals surface area (Å²) in [7, 11) is 2.91. The predicted molar refractivity (Wildman–Crippen MR) is 125 cm³/mol. The number of thiazole rings is 1. The van der Waals surface area contributed by atoms with Gasteiger partial charge in [0.2, 0.25) is 0 Å². The van der Waals surface area contributed by atoms with Crippen LogP contribution in [0.2, 0.25) is 0 Å². The zero-order valence-corrected chi connectivity index (χ0v) is 19.4. The average Bonchev–Trinajstić information content (AvgIpc) is 3.30. The molecule has 3 aromatic rings. The minimum Gasteiger partial charge on any atom is -0.497 e. The van der Waals surface area contributed by atoms with Crippen molar-refractivity contribution in [3.8, 4) is 27.4 Å². The molecule has 1 saturated heterocycles. The maximum atomic E-state index is 12.1. The van der Waals surface area contributed by atoms with Gasteiger partial charge in [-0.25, -0.2) is 14.8 Å². The highest BCUT2D eigenvalue weighted by molar-refractivity contribution is 7.15.